The average molecular weight is 413 g/mol. The van der Waals surface area contributed by atoms with Crippen LogP contribution in [0.25, 0.3) is 10.9 Å². The van der Waals surface area contributed by atoms with Crippen LogP contribution in [0, 0.1) is 0 Å². The lowest BCUT2D eigenvalue weighted by Gasteiger charge is -2.24. The number of amides is 1. The molecule has 5 rings (SSSR count). The molecule has 2 aromatic carbocycles. The first-order valence-electron chi connectivity index (χ1n) is 10.5. The van der Waals surface area contributed by atoms with Crippen molar-refractivity contribution in [2.24, 2.45) is 7.05 Å². The van der Waals surface area contributed by atoms with Crippen molar-refractivity contribution < 1.29 is 4.79 Å². The van der Waals surface area contributed by atoms with Crippen molar-refractivity contribution >= 4 is 16.8 Å². The zero-order chi connectivity index (χ0) is 21.4. The number of aryl methyl sites for hydroxylation is 1. The smallest absolute Gasteiger partial charge is 0.327 e. The molecular weight excluding hydrogens is 390 g/mol. The Bertz CT molecular complexity index is 1310. The van der Waals surface area contributed by atoms with Crippen molar-refractivity contribution in [2.45, 2.75) is 25.4 Å². The minimum absolute atomic E-state index is 0.127. The van der Waals surface area contributed by atoms with Gasteiger partial charge in [0, 0.05) is 19.0 Å². The van der Waals surface area contributed by atoms with Crippen molar-refractivity contribution in [3.8, 4) is 0 Å². The lowest BCUT2D eigenvalue weighted by molar-refractivity contribution is 0.0721. The fourth-order valence-electron chi connectivity index (χ4n) is 4.29. The van der Waals surface area contributed by atoms with E-state index in [0.717, 1.165) is 29.3 Å². The van der Waals surface area contributed by atoms with E-state index >= 15 is 0 Å². The summed E-state index contributed by atoms with van der Waals surface area (Å²) in [6, 6.07) is 21.0. The molecule has 1 atom stereocenters. The van der Waals surface area contributed by atoms with E-state index in [1.165, 1.54) is 4.68 Å². The molecule has 1 aliphatic rings. The van der Waals surface area contributed by atoms with E-state index in [-0.39, 0.29) is 17.6 Å². The molecule has 1 aliphatic heterocycles. The third-order valence-corrected chi connectivity index (χ3v) is 5.85. The van der Waals surface area contributed by atoms with Crippen molar-refractivity contribution in [3.63, 3.8) is 0 Å². The quantitative estimate of drug-likeness (QED) is 0.515. The maximum absolute atomic E-state index is 13.4. The molecule has 0 saturated carbocycles. The highest BCUT2D eigenvalue weighted by molar-refractivity contribution is 5.95. The van der Waals surface area contributed by atoms with Gasteiger partial charge in [-0.1, -0.05) is 54.6 Å². The van der Waals surface area contributed by atoms with Gasteiger partial charge in [0.15, 0.2) is 5.82 Å². The highest BCUT2D eigenvalue weighted by atomic mass is 16.2. The minimum Gasteiger partial charge on any atom is -0.327 e. The monoisotopic (exact) mass is 413 g/mol. The standard InChI is InChI=1S/C24H23N5O2/c1-27-24(31)29(16-17-8-3-2-4-9-17)22(26-27)21-12-7-15-28(21)23(30)20-14-13-18-10-5-6-11-19(18)25-20/h2-6,8-11,13-14,21H,7,12,15-16H2,1H3. The van der Waals surface area contributed by atoms with Crippen LogP contribution in [0.15, 0.2) is 71.5 Å². The van der Waals surface area contributed by atoms with Crippen LogP contribution in [-0.2, 0) is 13.6 Å². The summed E-state index contributed by atoms with van der Waals surface area (Å²) in [5, 5.41) is 5.52. The van der Waals surface area contributed by atoms with Gasteiger partial charge in [0.25, 0.3) is 5.91 Å². The van der Waals surface area contributed by atoms with E-state index in [1.807, 2.05) is 60.7 Å². The topological polar surface area (TPSA) is 73.0 Å². The van der Waals surface area contributed by atoms with Crippen LogP contribution < -0.4 is 5.69 Å². The van der Waals surface area contributed by atoms with Crippen LogP contribution in [0.2, 0.25) is 0 Å². The summed E-state index contributed by atoms with van der Waals surface area (Å²) in [6.45, 7) is 1.05. The van der Waals surface area contributed by atoms with Crippen LogP contribution in [0.5, 0.6) is 0 Å². The van der Waals surface area contributed by atoms with Crippen LogP contribution in [0.3, 0.4) is 0 Å². The van der Waals surface area contributed by atoms with Gasteiger partial charge in [-0.05, 0) is 30.5 Å². The summed E-state index contributed by atoms with van der Waals surface area (Å²) >= 11 is 0. The number of rotatable bonds is 4. The number of fused-ring (bicyclic) bond motifs is 1. The summed E-state index contributed by atoms with van der Waals surface area (Å²) in [5.74, 6) is 0.501. The van der Waals surface area contributed by atoms with E-state index in [9.17, 15) is 9.59 Å². The lowest BCUT2D eigenvalue weighted by Crippen LogP contribution is -2.33. The zero-order valence-corrected chi connectivity index (χ0v) is 17.3. The fourth-order valence-corrected chi connectivity index (χ4v) is 4.29. The molecule has 0 radical (unpaired) electrons. The first-order chi connectivity index (χ1) is 15.1. The molecule has 0 bridgehead atoms. The maximum Gasteiger partial charge on any atom is 0.346 e. The molecule has 1 unspecified atom stereocenters. The molecule has 156 valence electrons. The van der Waals surface area contributed by atoms with Crippen molar-refractivity contribution in [1.82, 2.24) is 24.2 Å². The maximum atomic E-state index is 13.4. The van der Waals surface area contributed by atoms with E-state index in [4.69, 9.17) is 0 Å². The Hall–Kier alpha value is -3.74. The predicted octanol–water partition coefficient (Wildman–Crippen LogP) is 3.16. The van der Waals surface area contributed by atoms with E-state index in [0.29, 0.717) is 24.6 Å². The van der Waals surface area contributed by atoms with Crippen LogP contribution in [-0.4, -0.2) is 36.7 Å². The molecule has 7 nitrogen and oxygen atoms in total. The van der Waals surface area contributed by atoms with Gasteiger partial charge in [-0.15, -0.1) is 0 Å². The molecule has 1 saturated heterocycles. The molecule has 0 aliphatic carbocycles. The Kier molecular flexibility index (Phi) is 4.86. The van der Waals surface area contributed by atoms with Crippen molar-refractivity contribution in [2.75, 3.05) is 6.54 Å². The van der Waals surface area contributed by atoms with Crippen molar-refractivity contribution in [3.05, 3.63) is 94.3 Å². The Balaban J connectivity index is 1.49. The highest BCUT2D eigenvalue weighted by Crippen LogP contribution is 2.32. The van der Waals surface area contributed by atoms with Gasteiger partial charge in [0.05, 0.1) is 18.1 Å². The molecule has 0 N–H and O–H groups in total. The second-order valence-electron chi connectivity index (χ2n) is 7.88. The number of likely N-dealkylation sites (tertiary alicyclic amines) is 1. The first-order valence-corrected chi connectivity index (χ1v) is 10.5. The van der Waals surface area contributed by atoms with Crippen LogP contribution in [0.1, 0.15) is 40.8 Å². The molecule has 3 heterocycles. The van der Waals surface area contributed by atoms with E-state index in [2.05, 4.69) is 10.1 Å². The van der Waals surface area contributed by atoms with Gasteiger partial charge in [-0.3, -0.25) is 9.36 Å². The van der Waals surface area contributed by atoms with E-state index < -0.39 is 0 Å². The normalized spacial score (nSPS) is 16.2. The van der Waals surface area contributed by atoms with Gasteiger partial charge >= 0.3 is 5.69 Å². The number of para-hydroxylation sites is 1. The number of hydrogen-bond donors (Lipinski definition) is 0. The summed E-state index contributed by atoms with van der Waals surface area (Å²) < 4.78 is 3.03. The molecule has 1 amide bonds. The number of carbonyl (C=O) groups is 1. The summed E-state index contributed by atoms with van der Waals surface area (Å²) in [6.07, 6.45) is 1.63. The molecular formula is C24H23N5O2. The van der Waals surface area contributed by atoms with Gasteiger partial charge < -0.3 is 4.90 Å². The second-order valence-corrected chi connectivity index (χ2v) is 7.88. The number of hydrogen-bond acceptors (Lipinski definition) is 4. The molecule has 31 heavy (non-hydrogen) atoms. The third kappa shape index (κ3) is 3.52. The summed E-state index contributed by atoms with van der Waals surface area (Å²) in [4.78, 5) is 32.5. The van der Waals surface area contributed by atoms with Gasteiger partial charge in [-0.25, -0.2) is 14.5 Å². The first kappa shape index (κ1) is 19.2. The van der Waals surface area contributed by atoms with Gasteiger partial charge in [0.1, 0.15) is 5.69 Å². The number of carbonyl (C=O) groups excluding carboxylic acids is 1. The van der Waals surface area contributed by atoms with Crippen molar-refractivity contribution in [1.29, 1.82) is 0 Å². The average Bonchev–Trinajstić information content (AvgIpc) is 3.39. The van der Waals surface area contributed by atoms with Crippen LogP contribution >= 0.6 is 0 Å². The SMILES string of the molecule is Cn1nc(C2CCCN2C(=O)c2ccc3ccccc3n2)n(Cc2ccccc2)c1=O. The Labute approximate surface area is 179 Å². The third-order valence-electron chi connectivity index (χ3n) is 5.85. The molecule has 4 aromatic rings. The predicted molar refractivity (Wildman–Crippen MR) is 118 cm³/mol. The largest absolute Gasteiger partial charge is 0.346 e. The summed E-state index contributed by atoms with van der Waals surface area (Å²) in [5.41, 5.74) is 2.05. The highest BCUT2D eigenvalue weighted by Gasteiger charge is 2.35. The second kappa shape index (κ2) is 7.83. The van der Waals surface area contributed by atoms with Crippen LogP contribution in [0.4, 0.5) is 0 Å². The van der Waals surface area contributed by atoms with E-state index in [1.54, 1.807) is 22.6 Å². The Morgan fingerprint density at radius 1 is 1.03 bits per heavy atom. The molecule has 2 aromatic heterocycles. The minimum atomic E-state index is -0.251. The Morgan fingerprint density at radius 3 is 2.65 bits per heavy atom. The lowest BCUT2D eigenvalue weighted by atomic mass is 10.1. The zero-order valence-electron chi connectivity index (χ0n) is 17.3. The number of nitrogens with zero attached hydrogens (tertiary/aromatic N) is 5. The van der Waals surface area contributed by atoms with Gasteiger partial charge in [0.2, 0.25) is 0 Å². The molecule has 1 fully saturated rings. The summed E-state index contributed by atoms with van der Waals surface area (Å²) in [7, 11) is 1.65. The molecule has 0 spiro atoms. The molecule has 7 heteroatoms. The Morgan fingerprint density at radius 2 is 1.81 bits per heavy atom. The van der Waals surface area contributed by atoms with Gasteiger partial charge in [-0.2, -0.15) is 5.10 Å². The fraction of sp³-hybridized carbons (Fsp3) is 0.250. The number of benzene rings is 2. The number of pyridine rings is 1. The number of aromatic nitrogens is 4.